The van der Waals surface area contributed by atoms with Gasteiger partial charge in [0.2, 0.25) is 11.8 Å². The fraction of sp³-hybridized carbons (Fsp3) is 0.556. The normalized spacial score (nSPS) is 12.2. The number of phenolic OH excluding ortho intramolecular Hbond substituents is 2. The molecule has 0 bridgehead atoms. The first-order chi connectivity index (χ1) is 22.1. The van der Waals surface area contributed by atoms with Gasteiger partial charge in [-0.15, -0.1) is 0 Å². The van der Waals surface area contributed by atoms with Crippen LogP contribution < -0.4 is 21.7 Å². The van der Waals surface area contributed by atoms with Gasteiger partial charge in [-0.3, -0.25) is 40.9 Å². The molecule has 2 aromatic carbocycles. The molecule has 254 valence electrons. The van der Waals surface area contributed by atoms with Crippen molar-refractivity contribution < 1.29 is 29.4 Å². The number of hydrazine groups is 2. The van der Waals surface area contributed by atoms with Crippen molar-refractivity contribution in [1.29, 1.82) is 0 Å². The van der Waals surface area contributed by atoms with Crippen molar-refractivity contribution in [3.8, 4) is 11.5 Å². The zero-order chi connectivity index (χ0) is 33.9. The highest BCUT2D eigenvalue weighted by Crippen LogP contribution is 2.21. The van der Waals surface area contributed by atoms with Gasteiger partial charge >= 0.3 is 0 Å². The Morgan fingerprint density at radius 1 is 0.565 bits per heavy atom. The summed E-state index contributed by atoms with van der Waals surface area (Å²) in [5, 5.41) is 20.2. The number of hydrogen-bond donors (Lipinski definition) is 6. The van der Waals surface area contributed by atoms with Gasteiger partial charge in [-0.1, -0.05) is 91.2 Å². The monoisotopic (exact) mass is 638 g/mol. The first-order valence-corrected chi connectivity index (χ1v) is 16.9. The fourth-order valence-electron chi connectivity index (χ4n) is 5.13. The molecule has 0 heterocycles. The van der Waals surface area contributed by atoms with E-state index in [2.05, 4.69) is 35.6 Å². The smallest absolute Gasteiger partial charge is 0.273 e. The molecule has 0 aliphatic rings. The van der Waals surface area contributed by atoms with Gasteiger partial charge in [-0.2, -0.15) is 0 Å². The molecule has 0 aliphatic heterocycles. The van der Waals surface area contributed by atoms with E-state index < -0.39 is 11.8 Å². The van der Waals surface area contributed by atoms with Crippen LogP contribution in [0.3, 0.4) is 0 Å². The summed E-state index contributed by atoms with van der Waals surface area (Å²) in [4.78, 5) is 50.1. The van der Waals surface area contributed by atoms with Crippen LogP contribution in [0.4, 0.5) is 0 Å². The van der Waals surface area contributed by atoms with E-state index in [4.69, 9.17) is 0 Å². The summed E-state index contributed by atoms with van der Waals surface area (Å²) < 4.78 is 0. The molecule has 0 aromatic heterocycles. The number of hydrogen-bond acceptors (Lipinski definition) is 6. The number of rotatable bonds is 19. The number of benzene rings is 2. The largest absolute Gasteiger partial charge is 0.507 e. The van der Waals surface area contributed by atoms with Crippen molar-refractivity contribution in [1.82, 2.24) is 21.7 Å². The van der Waals surface area contributed by atoms with Gasteiger partial charge in [0.1, 0.15) is 11.5 Å². The molecule has 2 unspecified atom stereocenters. The van der Waals surface area contributed by atoms with Crippen LogP contribution in [-0.4, -0.2) is 33.8 Å². The molecule has 0 spiro atoms. The second-order valence-electron chi connectivity index (χ2n) is 12.3. The summed E-state index contributed by atoms with van der Waals surface area (Å²) in [6.45, 7) is 7.85. The Morgan fingerprint density at radius 3 is 1.33 bits per heavy atom. The highest BCUT2D eigenvalue weighted by molar-refractivity contribution is 5.98. The first-order valence-electron chi connectivity index (χ1n) is 16.9. The molecule has 0 fully saturated rings. The molecular formula is C36H54N4O6. The third-order valence-electron chi connectivity index (χ3n) is 8.27. The molecule has 2 aromatic rings. The lowest BCUT2D eigenvalue weighted by atomic mass is 9.99. The lowest BCUT2D eigenvalue weighted by Gasteiger charge is -2.15. The Morgan fingerprint density at radius 2 is 0.957 bits per heavy atom. The number of carbonyl (C=O) groups excluding carboxylic acids is 4. The van der Waals surface area contributed by atoms with E-state index in [0.29, 0.717) is 12.8 Å². The van der Waals surface area contributed by atoms with Crippen molar-refractivity contribution in [2.24, 2.45) is 11.8 Å². The maximum absolute atomic E-state index is 12.6. The molecule has 46 heavy (non-hydrogen) atoms. The molecular weight excluding hydrogens is 584 g/mol. The average Bonchev–Trinajstić information content (AvgIpc) is 3.05. The standard InChI is InChI=1S/C36H54N4O6/c1-5-7-11-17-27-19-21-31(41)29(23-27)35(45)39-37-33(43)25(3)15-13-9-10-14-16-26(4)34(44)38-40-36(46)30-24-28(18-12-8-6-2)20-22-32(30)42/h19-26,41-42H,5-18H2,1-4H3,(H,37,43)(H,38,44)(H,39,45)(H,40,46). The summed E-state index contributed by atoms with van der Waals surface area (Å²) in [7, 11) is 0. The Balaban J connectivity index is 1.63. The highest BCUT2D eigenvalue weighted by Gasteiger charge is 2.18. The number of aromatic hydroxyl groups is 2. The van der Waals surface area contributed by atoms with E-state index in [1.165, 1.54) is 12.1 Å². The Hall–Kier alpha value is -4.08. The Labute approximate surface area is 274 Å². The number of phenols is 2. The van der Waals surface area contributed by atoms with E-state index in [1.807, 2.05) is 0 Å². The van der Waals surface area contributed by atoms with Crippen LogP contribution in [0.25, 0.3) is 0 Å². The number of aryl methyl sites for hydroxylation is 2. The van der Waals surface area contributed by atoms with Crippen molar-refractivity contribution in [2.75, 3.05) is 0 Å². The van der Waals surface area contributed by atoms with E-state index in [0.717, 1.165) is 88.2 Å². The van der Waals surface area contributed by atoms with Crippen LogP contribution in [0.2, 0.25) is 0 Å². The number of carbonyl (C=O) groups is 4. The van der Waals surface area contributed by atoms with Crippen LogP contribution in [0.1, 0.15) is 137 Å². The van der Waals surface area contributed by atoms with E-state index >= 15 is 0 Å². The molecule has 10 heteroatoms. The van der Waals surface area contributed by atoms with Gasteiger partial charge in [-0.25, -0.2) is 0 Å². The molecule has 2 rings (SSSR count). The lowest BCUT2D eigenvalue weighted by molar-refractivity contribution is -0.126. The molecule has 10 nitrogen and oxygen atoms in total. The molecule has 0 radical (unpaired) electrons. The Kier molecular flexibility index (Phi) is 17.3. The van der Waals surface area contributed by atoms with Crippen LogP contribution >= 0.6 is 0 Å². The van der Waals surface area contributed by atoms with Crippen molar-refractivity contribution in [3.05, 3.63) is 58.7 Å². The topological polar surface area (TPSA) is 157 Å². The minimum atomic E-state index is -0.557. The molecule has 0 saturated carbocycles. The number of unbranched alkanes of at least 4 members (excludes halogenated alkanes) is 7. The van der Waals surface area contributed by atoms with Crippen molar-refractivity contribution in [3.63, 3.8) is 0 Å². The van der Waals surface area contributed by atoms with Gasteiger partial charge in [0.15, 0.2) is 0 Å². The van der Waals surface area contributed by atoms with Gasteiger partial charge in [0, 0.05) is 11.8 Å². The summed E-state index contributed by atoms with van der Waals surface area (Å²) in [6, 6.07) is 9.96. The summed E-state index contributed by atoms with van der Waals surface area (Å²) in [5.74, 6) is -2.58. The van der Waals surface area contributed by atoms with E-state index in [1.54, 1.807) is 38.1 Å². The third-order valence-corrected chi connectivity index (χ3v) is 8.27. The fourth-order valence-corrected chi connectivity index (χ4v) is 5.13. The van der Waals surface area contributed by atoms with E-state index in [-0.39, 0.29) is 46.3 Å². The molecule has 0 saturated heterocycles. The quantitative estimate of drug-likeness (QED) is 0.0773. The average molecular weight is 639 g/mol. The number of amides is 4. The lowest BCUT2D eigenvalue weighted by Crippen LogP contribution is -2.44. The predicted octanol–water partition coefficient (Wildman–Crippen LogP) is 6.40. The second kappa shape index (κ2) is 20.9. The van der Waals surface area contributed by atoms with Crippen molar-refractivity contribution >= 4 is 23.6 Å². The second-order valence-corrected chi connectivity index (χ2v) is 12.3. The third kappa shape index (κ3) is 13.5. The zero-order valence-corrected chi connectivity index (χ0v) is 28.0. The zero-order valence-electron chi connectivity index (χ0n) is 28.0. The van der Waals surface area contributed by atoms with Gasteiger partial charge < -0.3 is 10.2 Å². The maximum Gasteiger partial charge on any atom is 0.273 e. The van der Waals surface area contributed by atoms with Crippen LogP contribution in [0.5, 0.6) is 11.5 Å². The summed E-state index contributed by atoms with van der Waals surface area (Å²) >= 11 is 0. The van der Waals surface area contributed by atoms with Crippen LogP contribution in [-0.2, 0) is 22.4 Å². The molecule has 0 aliphatic carbocycles. The maximum atomic E-state index is 12.6. The minimum Gasteiger partial charge on any atom is -0.507 e. The van der Waals surface area contributed by atoms with Gasteiger partial charge in [0.05, 0.1) is 11.1 Å². The van der Waals surface area contributed by atoms with E-state index in [9.17, 15) is 29.4 Å². The van der Waals surface area contributed by atoms with Crippen LogP contribution in [0.15, 0.2) is 36.4 Å². The Bertz CT molecular complexity index is 1180. The molecule has 2 atom stereocenters. The van der Waals surface area contributed by atoms with Crippen LogP contribution in [0, 0.1) is 11.8 Å². The SMILES string of the molecule is CCCCCc1ccc(O)c(C(=O)NNC(=O)C(C)CCCCCCC(C)C(=O)NNC(=O)c2cc(CCCCC)ccc2O)c1. The number of nitrogens with one attached hydrogen (secondary N) is 4. The summed E-state index contributed by atoms with van der Waals surface area (Å²) in [5.41, 5.74) is 12.0. The molecule has 6 N–H and O–H groups in total. The minimum absolute atomic E-state index is 0.130. The van der Waals surface area contributed by atoms with Gasteiger partial charge in [-0.05, 0) is 73.9 Å². The summed E-state index contributed by atoms with van der Waals surface area (Å²) in [6.07, 6.45) is 12.8. The van der Waals surface area contributed by atoms with Gasteiger partial charge in [0.25, 0.3) is 11.8 Å². The molecule has 4 amide bonds. The van der Waals surface area contributed by atoms with Crippen molar-refractivity contribution in [2.45, 2.75) is 118 Å². The first kappa shape index (κ1) is 38.1. The predicted molar refractivity (Wildman–Crippen MR) is 180 cm³/mol. The highest BCUT2D eigenvalue weighted by atomic mass is 16.3.